The van der Waals surface area contributed by atoms with E-state index >= 15 is 0 Å². The highest BCUT2D eigenvalue weighted by Crippen LogP contribution is 2.05. The number of anilines is 1. The first-order valence-electron chi connectivity index (χ1n) is 3.65. The fourth-order valence-electron chi connectivity index (χ4n) is 0.811. The van der Waals surface area contributed by atoms with Crippen molar-refractivity contribution in [2.45, 2.75) is 0 Å². The average molecular weight is 168 g/mol. The molecular weight excluding hydrogens is 156 g/mol. The summed E-state index contributed by atoms with van der Waals surface area (Å²) >= 11 is 0. The zero-order valence-corrected chi connectivity index (χ0v) is 6.64. The smallest absolute Gasteiger partial charge is 0.115 e. The zero-order valence-electron chi connectivity index (χ0n) is 6.64. The second-order valence-corrected chi connectivity index (χ2v) is 2.30. The van der Waals surface area contributed by atoms with Gasteiger partial charge in [0.1, 0.15) is 13.5 Å². The molecule has 0 amide bonds. The number of aliphatic hydroxyl groups excluding tert-OH is 2. The van der Waals surface area contributed by atoms with Crippen molar-refractivity contribution in [2.24, 2.45) is 0 Å². The summed E-state index contributed by atoms with van der Waals surface area (Å²) in [5.41, 5.74) is 3.65. The Morgan fingerprint density at radius 2 is 1.67 bits per heavy atom. The first kappa shape index (κ1) is 8.99. The second kappa shape index (κ2) is 4.71. The largest absolute Gasteiger partial charge is 0.379 e. The number of nitrogens with one attached hydrogen (secondary N) is 1. The molecule has 0 saturated heterocycles. The minimum absolute atomic E-state index is 0.231. The molecule has 1 aromatic rings. The van der Waals surface area contributed by atoms with Gasteiger partial charge in [0.2, 0.25) is 0 Å². The Kier molecular flexibility index (Phi) is 3.53. The molecule has 0 aromatic heterocycles. The van der Waals surface area contributed by atoms with Crippen LogP contribution < -0.4 is 5.43 Å². The topological polar surface area (TPSA) is 55.7 Å². The van der Waals surface area contributed by atoms with Crippen molar-refractivity contribution in [3.63, 3.8) is 0 Å². The molecule has 0 fully saturated rings. The van der Waals surface area contributed by atoms with E-state index in [1.807, 2.05) is 30.3 Å². The first-order chi connectivity index (χ1) is 5.86. The molecule has 0 unspecified atom stereocenters. The number of hydrogen-bond acceptors (Lipinski definition) is 4. The van der Waals surface area contributed by atoms with Gasteiger partial charge in [0.25, 0.3) is 0 Å². The number of hydrazine groups is 1. The lowest BCUT2D eigenvalue weighted by Gasteiger charge is -2.18. The number of rotatable bonds is 4. The number of para-hydroxylation sites is 1. The van der Waals surface area contributed by atoms with Crippen LogP contribution >= 0.6 is 0 Å². The third-order valence-corrected chi connectivity index (χ3v) is 1.40. The molecule has 0 radical (unpaired) electrons. The molecule has 4 heteroatoms. The van der Waals surface area contributed by atoms with Gasteiger partial charge in [-0.25, -0.2) is 0 Å². The Bertz CT molecular complexity index is 212. The maximum absolute atomic E-state index is 8.69. The van der Waals surface area contributed by atoms with Crippen molar-refractivity contribution in [1.82, 2.24) is 5.01 Å². The molecule has 0 aliphatic carbocycles. The quantitative estimate of drug-likeness (QED) is 0.444. The molecule has 0 bridgehead atoms. The SMILES string of the molecule is OCN(CO)Nc1ccccc1. The van der Waals surface area contributed by atoms with Crippen LogP contribution in [0.3, 0.4) is 0 Å². The molecule has 0 saturated carbocycles. The van der Waals surface area contributed by atoms with E-state index in [-0.39, 0.29) is 13.5 Å². The molecule has 0 aliphatic rings. The van der Waals surface area contributed by atoms with Gasteiger partial charge in [-0.2, -0.15) is 5.01 Å². The summed E-state index contributed by atoms with van der Waals surface area (Å²) in [6.45, 7) is -0.462. The molecule has 1 aromatic carbocycles. The Morgan fingerprint density at radius 1 is 1.08 bits per heavy atom. The van der Waals surface area contributed by atoms with E-state index in [1.165, 1.54) is 5.01 Å². The van der Waals surface area contributed by atoms with E-state index in [0.717, 1.165) is 5.69 Å². The predicted molar refractivity (Wildman–Crippen MR) is 46.1 cm³/mol. The summed E-state index contributed by atoms with van der Waals surface area (Å²) in [5.74, 6) is 0. The lowest BCUT2D eigenvalue weighted by molar-refractivity contribution is 0.0501. The highest BCUT2D eigenvalue weighted by atomic mass is 16.3. The van der Waals surface area contributed by atoms with Crippen LogP contribution in [0, 0.1) is 0 Å². The fraction of sp³-hybridized carbons (Fsp3) is 0.250. The zero-order chi connectivity index (χ0) is 8.81. The molecule has 0 aliphatic heterocycles. The molecule has 0 spiro atoms. The van der Waals surface area contributed by atoms with Gasteiger partial charge in [-0.1, -0.05) is 18.2 Å². The molecule has 1 rings (SSSR count). The molecular formula is C8H12N2O2. The van der Waals surface area contributed by atoms with Crippen LogP contribution in [-0.2, 0) is 0 Å². The lowest BCUT2D eigenvalue weighted by atomic mass is 10.3. The Balaban J connectivity index is 2.51. The molecule has 4 nitrogen and oxygen atoms in total. The van der Waals surface area contributed by atoms with E-state index in [4.69, 9.17) is 10.2 Å². The van der Waals surface area contributed by atoms with Crippen LogP contribution in [-0.4, -0.2) is 28.7 Å². The van der Waals surface area contributed by atoms with Crippen molar-refractivity contribution < 1.29 is 10.2 Å². The van der Waals surface area contributed by atoms with Gasteiger partial charge in [-0.15, -0.1) is 0 Å². The van der Waals surface area contributed by atoms with Gasteiger partial charge in [-0.05, 0) is 12.1 Å². The Morgan fingerprint density at radius 3 is 2.17 bits per heavy atom. The van der Waals surface area contributed by atoms with Crippen LogP contribution in [0.25, 0.3) is 0 Å². The molecule has 3 N–H and O–H groups in total. The van der Waals surface area contributed by atoms with Crippen LogP contribution in [0.15, 0.2) is 30.3 Å². The van der Waals surface area contributed by atoms with Gasteiger partial charge in [0, 0.05) is 5.69 Å². The maximum Gasteiger partial charge on any atom is 0.115 e. The van der Waals surface area contributed by atoms with E-state index < -0.39 is 0 Å². The van der Waals surface area contributed by atoms with E-state index in [0.29, 0.717) is 0 Å². The van der Waals surface area contributed by atoms with Crippen LogP contribution in [0.5, 0.6) is 0 Å². The van der Waals surface area contributed by atoms with Crippen molar-refractivity contribution in [1.29, 1.82) is 0 Å². The molecule has 12 heavy (non-hydrogen) atoms. The summed E-state index contributed by atoms with van der Waals surface area (Å²) in [6.07, 6.45) is 0. The summed E-state index contributed by atoms with van der Waals surface area (Å²) in [5, 5.41) is 18.7. The fourth-order valence-corrected chi connectivity index (χ4v) is 0.811. The standard InChI is InChI=1S/C8H12N2O2/c11-6-10(7-12)9-8-4-2-1-3-5-8/h1-5,9,11-12H,6-7H2. The van der Waals surface area contributed by atoms with Gasteiger partial charge < -0.3 is 15.6 Å². The summed E-state index contributed by atoms with van der Waals surface area (Å²) in [4.78, 5) is 0. The molecule has 0 atom stereocenters. The second-order valence-electron chi connectivity index (χ2n) is 2.30. The van der Waals surface area contributed by atoms with Crippen molar-refractivity contribution in [2.75, 3.05) is 18.9 Å². The minimum Gasteiger partial charge on any atom is -0.379 e. The predicted octanol–water partition coefficient (Wildman–Crippen LogP) is 0.215. The van der Waals surface area contributed by atoms with E-state index in [9.17, 15) is 0 Å². The molecule has 66 valence electrons. The number of benzene rings is 1. The monoisotopic (exact) mass is 168 g/mol. The Labute approximate surface area is 71.0 Å². The van der Waals surface area contributed by atoms with E-state index in [1.54, 1.807) is 0 Å². The highest BCUT2D eigenvalue weighted by molar-refractivity contribution is 5.41. The van der Waals surface area contributed by atoms with Crippen molar-refractivity contribution >= 4 is 5.69 Å². The van der Waals surface area contributed by atoms with E-state index in [2.05, 4.69) is 5.43 Å². The van der Waals surface area contributed by atoms with Gasteiger partial charge in [0.05, 0.1) is 0 Å². The third-order valence-electron chi connectivity index (χ3n) is 1.40. The highest BCUT2D eigenvalue weighted by Gasteiger charge is 1.98. The van der Waals surface area contributed by atoms with Crippen LogP contribution in [0.1, 0.15) is 0 Å². The number of hydrogen-bond donors (Lipinski definition) is 3. The summed E-state index contributed by atoms with van der Waals surface area (Å²) < 4.78 is 0. The number of aliphatic hydroxyl groups is 2. The normalized spacial score (nSPS) is 10.2. The van der Waals surface area contributed by atoms with Gasteiger partial charge in [0.15, 0.2) is 0 Å². The summed E-state index contributed by atoms with van der Waals surface area (Å²) in [6, 6.07) is 9.33. The maximum atomic E-state index is 8.69. The van der Waals surface area contributed by atoms with Crippen molar-refractivity contribution in [3.8, 4) is 0 Å². The number of nitrogens with zero attached hydrogens (tertiary/aromatic N) is 1. The Hall–Kier alpha value is -1.10. The first-order valence-corrected chi connectivity index (χ1v) is 3.65. The lowest BCUT2D eigenvalue weighted by Crippen LogP contribution is -2.31. The average Bonchev–Trinajstić information content (AvgIpc) is 2.16. The van der Waals surface area contributed by atoms with Gasteiger partial charge >= 0.3 is 0 Å². The van der Waals surface area contributed by atoms with Crippen molar-refractivity contribution in [3.05, 3.63) is 30.3 Å². The molecule has 0 heterocycles. The summed E-state index contributed by atoms with van der Waals surface area (Å²) in [7, 11) is 0. The minimum atomic E-state index is -0.231. The third kappa shape index (κ3) is 2.50. The van der Waals surface area contributed by atoms with Crippen LogP contribution in [0.2, 0.25) is 0 Å². The van der Waals surface area contributed by atoms with Gasteiger partial charge in [-0.3, -0.25) is 0 Å². The van der Waals surface area contributed by atoms with Crippen LogP contribution in [0.4, 0.5) is 5.69 Å².